The second-order valence-electron chi connectivity index (χ2n) is 8.08. The van der Waals surface area contributed by atoms with Gasteiger partial charge < -0.3 is 19.9 Å². The van der Waals surface area contributed by atoms with Gasteiger partial charge in [0.15, 0.2) is 0 Å². The fraction of sp³-hybridized carbons (Fsp3) is 0.360. The average Bonchev–Trinajstić information content (AvgIpc) is 3.14. The van der Waals surface area contributed by atoms with Gasteiger partial charge in [-0.1, -0.05) is 36.4 Å². The summed E-state index contributed by atoms with van der Waals surface area (Å²) in [6, 6.07) is 14.4. The van der Waals surface area contributed by atoms with Crippen LogP contribution in [-0.4, -0.2) is 52.7 Å². The van der Waals surface area contributed by atoms with Crippen molar-refractivity contribution in [3.05, 3.63) is 78.1 Å². The Bertz CT molecular complexity index is 1030. The van der Waals surface area contributed by atoms with Crippen molar-refractivity contribution in [1.82, 2.24) is 14.5 Å². The summed E-state index contributed by atoms with van der Waals surface area (Å²) in [5.41, 5.74) is 9.10. The molecule has 1 fully saturated rings. The van der Waals surface area contributed by atoms with Crippen LogP contribution in [0.15, 0.2) is 61.1 Å². The van der Waals surface area contributed by atoms with E-state index in [2.05, 4.69) is 4.98 Å². The van der Waals surface area contributed by atoms with Gasteiger partial charge in [0, 0.05) is 26.2 Å². The first-order valence-corrected chi connectivity index (χ1v) is 11.1. The van der Waals surface area contributed by atoms with E-state index in [9.17, 15) is 9.18 Å². The van der Waals surface area contributed by atoms with Gasteiger partial charge >= 0.3 is 0 Å². The minimum atomic E-state index is -0.262. The first-order chi connectivity index (χ1) is 15.7. The predicted octanol–water partition coefficient (Wildman–Crippen LogP) is 3.71. The number of imidazole rings is 1. The van der Waals surface area contributed by atoms with E-state index < -0.39 is 0 Å². The first kappa shape index (κ1) is 22.2. The van der Waals surface area contributed by atoms with Gasteiger partial charge in [0.2, 0.25) is 0 Å². The van der Waals surface area contributed by atoms with Gasteiger partial charge in [-0.15, -0.1) is 0 Å². The SMILES string of the molecule is NCCOC1CCCN(C(=O)c2cncn2Cc2ccccc2-c2ccc(F)cc2)CC1. The van der Waals surface area contributed by atoms with Crippen LogP contribution in [-0.2, 0) is 11.3 Å². The molecule has 1 aliphatic heterocycles. The smallest absolute Gasteiger partial charge is 0.272 e. The molecule has 1 saturated heterocycles. The van der Waals surface area contributed by atoms with Gasteiger partial charge in [0.1, 0.15) is 11.5 Å². The van der Waals surface area contributed by atoms with E-state index >= 15 is 0 Å². The van der Waals surface area contributed by atoms with Gasteiger partial charge in [0.25, 0.3) is 5.91 Å². The van der Waals surface area contributed by atoms with Gasteiger partial charge in [-0.25, -0.2) is 9.37 Å². The molecule has 1 atom stereocenters. The van der Waals surface area contributed by atoms with E-state index in [1.807, 2.05) is 33.7 Å². The van der Waals surface area contributed by atoms with E-state index in [1.54, 1.807) is 24.7 Å². The van der Waals surface area contributed by atoms with E-state index in [1.165, 1.54) is 12.1 Å². The third-order valence-corrected chi connectivity index (χ3v) is 5.88. The van der Waals surface area contributed by atoms with Crippen molar-refractivity contribution in [1.29, 1.82) is 0 Å². The van der Waals surface area contributed by atoms with Crippen molar-refractivity contribution >= 4 is 5.91 Å². The number of amides is 1. The molecule has 32 heavy (non-hydrogen) atoms. The number of rotatable bonds is 7. The Labute approximate surface area is 187 Å². The molecule has 0 aliphatic carbocycles. The van der Waals surface area contributed by atoms with Crippen molar-refractivity contribution in [2.75, 3.05) is 26.2 Å². The summed E-state index contributed by atoms with van der Waals surface area (Å²) in [5, 5.41) is 0. The van der Waals surface area contributed by atoms with Crippen LogP contribution in [0, 0.1) is 5.82 Å². The lowest BCUT2D eigenvalue weighted by Crippen LogP contribution is -2.34. The minimum absolute atomic E-state index is 0.0127. The topological polar surface area (TPSA) is 73.4 Å². The van der Waals surface area contributed by atoms with Crippen LogP contribution in [0.4, 0.5) is 4.39 Å². The third kappa shape index (κ3) is 5.23. The molecule has 6 nitrogen and oxygen atoms in total. The molecule has 2 heterocycles. The molecular formula is C25H29FN4O2. The van der Waals surface area contributed by atoms with Gasteiger partial charge in [0.05, 0.1) is 25.2 Å². The molecule has 3 aromatic rings. The van der Waals surface area contributed by atoms with E-state index in [0.717, 1.165) is 36.0 Å². The van der Waals surface area contributed by atoms with E-state index in [-0.39, 0.29) is 17.8 Å². The van der Waals surface area contributed by atoms with Crippen molar-refractivity contribution in [3.63, 3.8) is 0 Å². The minimum Gasteiger partial charge on any atom is -0.377 e. The molecule has 1 aliphatic rings. The van der Waals surface area contributed by atoms with Crippen LogP contribution in [0.5, 0.6) is 0 Å². The van der Waals surface area contributed by atoms with Crippen LogP contribution in [0.1, 0.15) is 35.3 Å². The Balaban J connectivity index is 1.50. The molecule has 7 heteroatoms. The number of ether oxygens (including phenoxy) is 1. The highest BCUT2D eigenvalue weighted by Crippen LogP contribution is 2.25. The number of aromatic nitrogens is 2. The molecule has 1 unspecified atom stereocenters. The van der Waals surface area contributed by atoms with Gasteiger partial charge in [-0.3, -0.25) is 4.79 Å². The van der Waals surface area contributed by atoms with Gasteiger partial charge in [-0.2, -0.15) is 0 Å². The van der Waals surface area contributed by atoms with Crippen molar-refractivity contribution in [2.45, 2.75) is 31.9 Å². The lowest BCUT2D eigenvalue weighted by molar-refractivity contribution is 0.0476. The monoisotopic (exact) mass is 436 g/mol. The number of hydrogen-bond donors (Lipinski definition) is 1. The molecule has 0 saturated carbocycles. The molecule has 0 radical (unpaired) electrons. The maximum Gasteiger partial charge on any atom is 0.272 e. The summed E-state index contributed by atoms with van der Waals surface area (Å²) in [4.78, 5) is 19.4. The lowest BCUT2D eigenvalue weighted by atomic mass is 9.99. The zero-order chi connectivity index (χ0) is 22.3. The predicted molar refractivity (Wildman–Crippen MR) is 122 cm³/mol. The van der Waals surface area contributed by atoms with Crippen LogP contribution in [0.2, 0.25) is 0 Å². The molecule has 1 aromatic heterocycles. The van der Waals surface area contributed by atoms with Crippen LogP contribution in [0.3, 0.4) is 0 Å². The van der Waals surface area contributed by atoms with E-state index in [4.69, 9.17) is 10.5 Å². The highest BCUT2D eigenvalue weighted by atomic mass is 19.1. The molecule has 2 N–H and O–H groups in total. The Hall–Kier alpha value is -3.03. The largest absolute Gasteiger partial charge is 0.377 e. The lowest BCUT2D eigenvalue weighted by Gasteiger charge is -2.21. The summed E-state index contributed by atoms with van der Waals surface area (Å²) >= 11 is 0. The molecule has 0 bridgehead atoms. The zero-order valence-corrected chi connectivity index (χ0v) is 18.1. The Morgan fingerprint density at radius 2 is 1.94 bits per heavy atom. The molecule has 2 aromatic carbocycles. The summed E-state index contributed by atoms with van der Waals surface area (Å²) in [7, 11) is 0. The second kappa shape index (κ2) is 10.5. The number of nitrogens with zero attached hydrogens (tertiary/aromatic N) is 3. The Kier molecular flexibility index (Phi) is 7.29. The van der Waals surface area contributed by atoms with Crippen molar-refractivity contribution in [2.24, 2.45) is 5.73 Å². The fourth-order valence-corrected chi connectivity index (χ4v) is 4.21. The second-order valence-corrected chi connectivity index (χ2v) is 8.08. The summed E-state index contributed by atoms with van der Waals surface area (Å²) < 4.78 is 21.1. The first-order valence-electron chi connectivity index (χ1n) is 11.1. The van der Waals surface area contributed by atoms with Crippen LogP contribution >= 0.6 is 0 Å². The van der Waals surface area contributed by atoms with Crippen molar-refractivity contribution < 1.29 is 13.9 Å². The van der Waals surface area contributed by atoms with Crippen molar-refractivity contribution in [3.8, 4) is 11.1 Å². The highest BCUT2D eigenvalue weighted by molar-refractivity contribution is 5.92. The Morgan fingerprint density at radius 3 is 2.75 bits per heavy atom. The number of hydrogen-bond acceptors (Lipinski definition) is 4. The maximum absolute atomic E-state index is 13.4. The quantitative estimate of drug-likeness (QED) is 0.613. The third-order valence-electron chi connectivity index (χ3n) is 5.88. The number of halogens is 1. The van der Waals surface area contributed by atoms with Gasteiger partial charge in [-0.05, 0) is 48.1 Å². The van der Waals surface area contributed by atoms with Crippen LogP contribution in [0.25, 0.3) is 11.1 Å². The highest BCUT2D eigenvalue weighted by Gasteiger charge is 2.24. The number of carbonyl (C=O) groups is 1. The molecular weight excluding hydrogens is 407 g/mol. The Morgan fingerprint density at radius 1 is 1.12 bits per heavy atom. The maximum atomic E-state index is 13.4. The average molecular weight is 437 g/mol. The zero-order valence-electron chi connectivity index (χ0n) is 18.1. The fourth-order valence-electron chi connectivity index (χ4n) is 4.21. The number of likely N-dealkylation sites (tertiary alicyclic amines) is 1. The molecule has 4 rings (SSSR count). The number of nitrogens with two attached hydrogens (primary N) is 1. The molecule has 1 amide bonds. The van der Waals surface area contributed by atoms with Crippen LogP contribution < -0.4 is 5.73 Å². The molecule has 0 spiro atoms. The molecule has 168 valence electrons. The van der Waals surface area contributed by atoms with E-state index in [0.29, 0.717) is 38.5 Å². The number of carbonyl (C=O) groups excluding carboxylic acids is 1. The normalized spacial score (nSPS) is 16.7. The standard InChI is InChI=1S/C25H29FN4O2/c26-21-9-7-19(8-10-21)23-6-2-1-4-20(23)17-30-18-28-16-24(30)25(31)29-13-3-5-22(11-14-29)32-15-12-27/h1-2,4,6-10,16,18,22H,3,5,11-15,17,27H2. The summed E-state index contributed by atoms with van der Waals surface area (Å²) in [6.07, 6.45) is 6.14. The summed E-state index contributed by atoms with van der Waals surface area (Å²) in [5.74, 6) is -0.275. The summed E-state index contributed by atoms with van der Waals surface area (Å²) in [6.45, 7) is 2.94. The number of benzene rings is 2.